The molecule has 3 heteroatoms. The fourth-order valence-electron chi connectivity index (χ4n) is 2.56. The molecule has 3 nitrogen and oxygen atoms in total. The number of hydrogen-bond donors (Lipinski definition) is 3. The van der Waals surface area contributed by atoms with Gasteiger partial charge in [-0.3, -0.25) is 0 Å². The van der Waals surface area contributed by atoms with Crippen LogP contribution in [0.3, 0.4) is 0 Å². The maximum absolute atomic E-state index is 8.71. The van der Waals surface area contributed by atoms with Gasteiger partial charge in [-0.05, 0) is 32.9 Å². The van der Waals surface area contributed by atoms with E-state index >= 15 is 0 Å². The van der Waals surface area contributed by atoms with Crippen molar-refractivity contribution in [3.63, 3.8) is 0 Å². The van der Waals surface area contributed by atoms with E-state index in [0.717, 1.165) is 26.1 Å². The van der Waals surface area contributed by atoms with Gasteiger partial charge in [0.25, 0.3) is 0 Å². The highest BCUT2D eigenvalue weighted by molar-refractivity contribution is 4.63. The van der Waals surface area contributed by atoms with Crippen molar-refractivity contribution in [1.82, 2.24) is 10.6 Å². The van der Waals surface area contributed by atoms with E-state index in [9.17, 15) is 0 Å². The molecule has 1 atom stereocenters. The minimum Gasteiger partial charge on any atom is -0.396 e. The predicted molar refractivity (Wildman–Crippen MR) is 93.9 cm³/mol. The van der Waals surface area contributed by atoms with Crippen LogP contribution in [0.4, 0.5) is 0 Å². The Bertz CT molecular complexity index is 188. The SMILES string of the molecule is CCCCCCCCCCCCNCC(C)NCCCO. The molecule has 0 aliphatic rings. The average molecular weight is 301 g/mol. The molecule has 0 radical (unpaired) electrons. The summed E-state index contributed by atoms with van der Waals surface area (Å²) in [4.78, 5) is 0. The third-order valence-electron chi connectivity index (χ3n) is 3.99. The molecule has 21 heavy (non-hydrogen) atoms. The van der Waals surface area contributed by atoms with Crippen LogP contribution in [0, 0.1) is 0 Å². The van der Waals surface area contributed by atoms with Gasteiger partial charge < -0.3 is 15.7 Å². The zero-order valence-corrected chi connectivity index (χ0v) is 14.6. The monoisotopic (exact) mass is 300 g/mol. The van der Waals surface area contributed by atoms with Gasteiger partial charge in [-0.2, -0.15) is 0 Å². The molecule has 0 rings (SSSR count). The van der Waals surface area contributed by atoms with Crippen molar-refractivity contribution < 1.29 is 5.11 Å². The Labute approximate surface area is 133 Å². The Morgan fingerprint density at radius 2 is 1.33 bits per heavy atom. The van der Waals surface area contributed by atoms with E-state index in [4.69, 9.17) is 5.11 Å². The summed E-state index contributed by atoms with van der Waals surface area (Å²) in [6, 6.07) is 0.500. The molecule has 0 aromatic heterocycles. The summed E-state index contributed by atoms with van der Waals surface area (Å²) in [5.74, 6) is 0. The van der Waals surface area contributed by atoms with Crippen molar-refractivity contribution in [1.29, 1.82) is 0 Å². The first-order valence-electron chi connectivity index (χ1n) is 9.36. The van der Waals surface area contributed by atoms with Gasteiger partial charge in [0.15, 0.2) is 0 Å². The lowest BCUT2D eigenvalue weighted by Crippen LogP contribution is -2.37. The highest BCUT2D eigenvalue weighted by Gasteiger charge is 1.99. The minimum atomic E-state index is 0.283. The molecule has 0 aromatic rings. The van der Waals surface area contributed by atoms with Crippen LogP contribution in [0.2, 0.25) is 0 Å². The molecular formula is C18H40N2O. The summed E-state index contributed by atoms with van der Waals surface area (Å²) in [6.45, 7) is 7.84. The molecule has 3 N–H and O–H groups in total. The topological polar surface area (TPSA) is 44.3 Å². The van der Waals surface area contributed by atoms with E-state index in [2.05, 4.69) is 24.5 Å². The zero-order valence-electron chi connectivity index (χ0n) is 14.6. The number of rotatable bonds is 17. The highest BCUT2D eigenvalue weighted by atomic mass is 16.3. The molecule has 0 amide bonds. The van der Waals surface area contributed by atoms with E-state index in [1.54, 1.807) is 0 Å². The number of aliphatic hydroxyl groups is 1. The normalized spacial score (nSPS) is 12.7. The van der Waals surface area contributed by atoms with Crippen LogP contribution in [0.25, 0.3) is 0 Å². The van der Waals surface area contributed by atoms with Crippen molar-refractivity contribution in [3.05, 3.63) is 0 Å². The number of hydrogen-bond acceptors (Lipinski definition) is 3. The number of aliphatic hydroxyl groups excluding tert-OH is 1. The van der Waals surface area contributed by atoms with Gasteiger partial charge in [0.1, 0.15) is 0 Å². The van der Waals surface area contributed by atoms with Crippen LogP contribution in [-0.2, 0) is 0 Å². The Kier molecular flexibility index (Phi) is 17.8. The lowest BCUT2D eigenvalue weighted by atomic mass is 10.1. The summed E-state index contributed by atoms with van der Waals surface area (Å²) in [5, 5.41) is 15.6. The molecule has 1 unspecified atom stereocenters. The predicted octanol–water partition coefficient (Wildman–Crippen LogP) is 3.86. The first-order valence-corrected chi connectivity index (χ1v) is 9.36. The summed E-state index contributed by atoms with van der Waals surface area (Å²) in [6.07, 6.45) is 14.9. The maximum Gasteiger partial charge on any atom is 0.0443 e. The molecule has 128 valence electrons. The zero-order chi connectivity index (χ0) is 15.6. The molecule has 0 spiro atoms. The van der Waals surface area contributed by atoms with Gasteiger partial charge in [0.2, 0.25) is 0 Å². The maximum atomic E-state index is 8.71. The second-order valence-electron chi connectivity index (χ2n) is 6.32. The molecule has 0 saturated heterocycles. The van der Waals surface area contributed by atoms with E-state index in [0.29, 0.717) is 6.04 Å². The summed E-state index contributed by atoms with van der Waals surface area (Å²) in [7, 11) is 0. The van der Waals surface area contributed by atoms with Crippen molar-refractivity contribution in [3.8, 4) is 0 Å². The molecular weight excluding hydrogens is 260 g/mol. The molecule has 0 fully saturated rings. The lowest BCUT2D eigenvalue weighted by Gasteiger charge is -2.14. The van der Waals surface area contributed by atoms with Gasteiger partial charge in [0.05, 0.1) is 0 Å². The third-order valence-corrected chi connectivity index (χ3v) is 3.99. The van der Waals surface area contributed by atoms with E-state index < -0.39 is 0 Å². The van der Waals surface area contributed by atoms with E-state index in [1.807, 2.05) is 0 Å². The van der Waals surface area contributed by atoms with Gasteiger partial charge in [-0.25, -0.2) is 0 Å². The lowest BCUT2D eigenvalue weighted by molar-refractivity contribution is 0.283. The van der Waals surface area contributed by atoms with Gasteiger partial charge in [-0.1, -0.05) is 64.7 Å². The van der Waals surface area contributed by atoms with Crippen molar-refractivity contribution in [2.24, 2.45) is 0 Å². The Hall–Kier alpha value is -0.120. The van der Waals surface area contributed by atoms with Crippen LogP contribution in [-0.4, -0.2) is 37.4 Å². The summed E-state index contributed by atoms with van der Waals surface area (Å²) < 4.78 is 0. The highest BCUT2D eigenvalue weighted by Crippen LogP contribution is 2.10. The average Bonchev–Trinajstić information content (AvgIpc) is 2.48. The largest absolute Gasteiger partial charge is 0.396 e. The second kappa shape index (κ2) is 17.9. The molecule has 0 aliphatic heterocycles. The van der Waals surface area contributed by atoms with Crippen molar-refractivity contribution in [2.45, 2.75) is 90.5 Å². The van der Waals surface area contributed by atoms with Crippen LogP contribution < -0.4 is 10.6 Å². The van der Waals surface area contributed by atoms with Crippen LogP contribution >= 0.6 is 0 Å². The molecule has 0 aliphatic carbocycles. The standard InChI is InChI=1S/C18H40N2O/c1-3-4-5-6-7-8-9-10-11-12-14-19-17-18(2)20-15-13-16-21/h18-21H,3-17H2,1-2H3. The fraction of sp³-hybridized carbons (Fsp3) is 1.00. The smallest absolute Gasteiger partial charge is 0.0443 e. The van der Waals surface area contributed by atoms with Gasteiger partial charge in [-0.15, -0.1) is 0 Å². The molecule has 0 aromatic carbocycles. The summed E-state index contributed by atoms with van der Waals surface area (Å²) in [5.41, 5.74) is 0. The van der Waals surface area contributed by atoms with Crippen molar-refractivity contribution >= 4 is 0 Å². The van der Waals surface area contributed by atoms with Gasteiger partial charge in [0, 0.05) is 19.2 Å². The van der Waals surface area contributed by atoms with Crippen molar-refractivity contribution in [2.75, 3.05) is 26.2 Å². The number of nitrogens with one attached hydrogen (secondary N) is 2. The Balaban J connectivity index is 3.05. The van der Waals surface area contributed by atoms with Crippen LogP contribution in [0.5, 0.6) is 0 Å². The Morgan fingerprint density at radius 1 is 0.762 bits per heavy atom. The van der Waals surface area contributed by atoms with Gasteiger partial charge >= 0.3 is 0 Å². The van der Waals surface area contributed by atoms with E-state index in [1.165, 1.54) is 64.2 Å². The Morgan fingerprint density at radius 3 is 1.90 bits per heavy atom. The quantitative estimate of drug-likeness (QED) is 0.357. The third kappa shape index (κ3) is 17.8. The van der Waals surface area contributed by atoms with E-state index in [-0.39, 0.29) is 6.61 Å². The fourth-order valence-corrected chi connectivity index (χ4v) is 2.56. The van der Waals surface area contributed by atoms with Crippen LogP contribution in [0.1, 0.15) is 84.5 Å². The summed E-state index contributed by atoms with van der Waals surface area (Å²) >= 11 is 0. The first-order chi connectivity index (χ1) is 10.3. The van der Waals surface area contributed by atoms with Crippen LogP contribution in [0.15, 0.2) is 0 Å². The number of unbranched alkanes of at least 4 members (excludes halogenated alkanes) is 9. The minimum absolute atomic E-state index is 0.283. The molecule has 0 bridgehead atoms. The first kappa shape index (κ1) is 20.9. The second-order valence-corrected chi connectivity index (χ2v) is 6.32. The molecule has 0 saturated carbocycles. The molecule has 0 heterocycles.